The van der Waals surface area contributed by atoms with Crippen molar-refractivity contribution in [3.8, 4) is 33.8 Å². The van der Waals surface area contributed by atoms with Crippen LogP contribution in [-0.4, -0.2) is 28.7 Å². The molecule has 0 atom stereocenters. The van der Waals surface area contributed by atoms with Crippen molar-refractivity contribution in [2.24, 2.45) is 0 Å². The molecule has 7 nitrogen and oxygen atoms in total. The molecule has 5 aromatic carbocycles. The van der Waals surface area contributed by atoms with Crippen LogP contribution in [0.4, 0.5) is 0 Å². The summed E-state index contributed by atoms with van der Waals surface area (Å²) < 4.78 is 10.9. The third kappa shape index (κ3) is 4.31. The molecule has 51 heavy (non-hydrogen) atoms. The van der Waals surface area contributed by atoms with Gasteiger partial charge in [0.05, 0.1) is 5.52 Å². The molecular formula is C44H32N6O. The van der Waals surface area contributed by atoms with Gasteiger partial charge in [-0.3, -0.25) is 13.8 Å². The van der Waals surface area contributed by atoms with Crippen molar-refractivity contribution in [1.82, 2.24) is 28.7 Å². The predicted molar refractivity (Wildman–Crippen MR) is 206 cm³/mol. The van der Waals surface area contributed by atoms with Crippen LogP contribution in [0.5, 0.6) is 11.5 Å². The van der Waals surface area contributed by atoms with Gasteiger partial charge >= 0.3 is 0 Å². The summed E-state index contributed by atoms with van der Waals surface area (Å²) in [6, 6.07) is 30.1. The van der Waals surface area contributed by atoms with E-state index in [2.05, 4.69) is 120 Å². The van der Waals surface area contributed by atoms with Crippen LogP contribution in [0, 0.1) is 27.7 Å². The van der Waals surface area contributed by atoms with Gasteiger partial charge in [0, 0.05) is 64.3 Å². The maximum absolute atomic E-state index is 6.64. The number of hydrogen-bond donors (Lipinski definition) is 0. The number of rotatable bonds is 4. The van der Waals surface area contributed by atoms with E-state index in [1.165, 1.54) is 49.9 Å². The monoisotopic (exact) mass is 660 g/mol. The lowest BCUT2D eigenvalue weighted by atomic mass is 9.86. The molecule has 0 aliphatic carbocycles. The Morgan fingerprint density at radius 2 is 1.00 bits per heavy atom. The minimum absolute atomic E-state index is 0.712. The molecule has 0 aliphatic rings. The summed E-state index contributed by atoms with van der Waals surface area (Å²) in [5.41, 5.74) is 14.3. The van der Waals surface area contributed by atoms with E-state index >= 15 is 0 Å². The molecule has 7 heteroatoms. The lowest BCUT2D eigenvalue weighted by molar-refractivity contribution is 0.484. The average Bonchev–Trinajstić information content (AvgIpc) is 3.84. The number of aryl methyl sites for hydroxylation is 4. The first-order chi connectivity index (χ1) is 25.0. The van der Waals surface area contributed by atoms with Crippen LogP contribution in [0.1, 0.15) is 22.3 Å². The van der Waals surface area contributed by atoms with Gasteiger partial charge in [-0.15, -0.1) is 0 Å². The normalized spacial score (nSPS) is 11.9. The quantitative estimate of drug-likeness (QED) is 0.176. The number of benzene rings is 5. The standard InChI is InChI=1S/C44H32N6O/c1-25-7-5-8-26(2)37(25)33-15-16-34(38-27(3)9-6-10-28(38)4)41-39(33)31-13-11-29(23-35(31)42-47-19-21-49(41)42)51-30-12-14-32-36(24-30)43-48-20-22-50(43)44-40(32)45-17-18-46-44/h5-24H,1-4H3. The lowest BCUT2D eigenvalue weighted by Crippen LogP contribution is -1.99. The zero-order valence-corrected chi connectivity index (χ0v) is 28.6. The Kier molecular flexibility index (Phi) is 6.30. The molecule has 0 aliphatic heterocycles. The molecule has 0 saturated carbocycles. The highest BCUT2D eigenvalue weighted by Gasteiger charge is 2.21. The van der Waals surface area contributed by atoms with Crippen molar-refractivity contribution in [3.63, 3.8) is 0 Å². The summed E-state index contributed by atoms with van der Waals surface area (Å²) in [7, 11) is 0. The Hall–Kier alpha value is -6.60. The molecule has 0 bridgehead atoms. The Labute approximate surface area is 293 Å². The number of nitrogens with zero attached hydrogens (tertiary/aromatic N) is 6. The molecule has 0 N–H and O–H groups in total. The number of pyridine rings is 2. The Morgan fingerprint density at radius 3 is 1.69 bits per heavy atom. The number of hydrogen-bond acceptors (Lipinski definition) is 5. The summed E-state index contributed by atoms with van der Waals surface area (Å²) in [6.45, 7) is 8.80. The van der Waals surface area contributed by atoms with Crippen LogP contribution >= 0.6 is 0 Å². The molecule has 10 aromatic rings. The second kappa shape index (κ2) is 11.0. The molecule has 5 aromatic heterocycles. The van der Waals surface area contributed by atoms with Gasteiger partial charge in [-0.05, 0) is 108 Å². The molecule has 0 amide bonds. The minimum atomic E-state index is 0.712. The lowest BCUT2D eigenvalue weighted by Gasteiger charge is -2.21. The molecule has 0 fully saturated rings. The Morgan fingerprint density at radius 1 is 0.471 bits per heavy atom. The average molecular weight is 661 g/mol. The molecular weight excluding hydrogens is 629 g/mol. The largest absolute Gasteiger partial charge is 0.457 e. The van der Waals surface area contributed by atoms with E-state index in [9.17, 15) is 0 Å². The smallest absolute Gasteiger partial charge is 0.165 e. The van der Waals surface area contributed by atoms with E-state index in [-0.39, 0.29) is 0 Å². The summed E-state index contributed by atoms with van der Waals surface area (Å²) >= 11 is 0. The highest BCUT2D eigenvalue weighted by Crippen LogP contribution is 2.45. The minimum Gasteiger partial charge on any atom is -0.457 e. The van der Waals surface area contributed by atoms with E-state index in [0.717, 1.165) is 55.3 Å². The van der Waals surface area contributed by atoms with E-state index in [1.807, 2.05) is 35.0 Å². The molecule has 244 valence electrons. The second-order valence-corrected chi connectivity index (χ2v) is 13.4. The van der Waals surface area contributed by atoms with Crippen LogP contribution in [0.15, 0.2) is 122 Å². The van der Waals surface area contributed by atoms with Crippen molar-refractivity contribution in [2.75, 3.05) is 0 Å². The Bertz CT molecular complexity index is 3020. The third-order valence-electron chi connectivity index (χ3n) is 10.3. The van der Waals surface area contributed by atoms with Gasteiger partial charge in [0.25, 0.3) is 0 Å². The highest BCUT2D eigenvalue weighted by molar-refractivity contribution is 6.21. The predicted octanol–water partition coefficient (Wildman–Crippen LogP) is 10.7. The second-order valence-electron chi connectivity index (χ2n) is 13.4. The zero-order valence-electron chi connectivity index (χ0n) is 28.6. The van der Waals surface area contributed by atoms with Crippen LogP contribution in [0.25, 0.3) is 77.2 Å². The first kappa shape index (κ1) is 29.3. The molecule has 0 unspecified atom stereocenters. The zero-order chi connectivity index (χ0) is 34.4. The van der Waals surface area contributed by atoms with Crippen molar-refractivity contribution in [1.29, 1.82) is 0 Å². The first-order valence-electron chi connectivity index (χ1n) is 17.1. The van der Waals surface area contributed by atoms with Crippen molar-refractivity contribution in [2.45, 2.75) is 27.7 Å². The van der Waals surface area contributed by atoms with Crippen molar-refractivity contribution >= 4 is 54.9 Å². The molecule has 0 radical (unpaired) electrons. The van der Waals surface area contributed by atoms with E-state index in [1.54, 1.807) is 18.6 Å². The van der Waals surface area contributed by atoms with Crippen molar-refractivity contribution in [3.05, 3.63) is 144 Å². The van der Waals surface area contributed by atoms with E-state index < -0.39 is 0 Å². The summed E-state index contributed by atoms with van der Waals surface area (Å²) in [5.74, 6) is 1.44. The van der Waals surface area contributed by atoms with Crippen LogP contribution in [-0.2, 0) is 0 Å². The number of aromatic nitrogens is 6. The SMILES string of the molecule is Cc1cccc(C)c1-c1ccc(-c2c(C)cccc2C)c2c1c1ccc(Oc3ccc4c(c3)c3nccn3c3nccnc43)cc1c1nccn12. The van der Waals surface area contributed by atoms with Crippen LogP contribution < -0.4 is 4.74 Å². The number of ether oxygens (including phenoxy) is 1. The van der Waals surface area contributed by atoms with Gasteiger partial charge in [-0.2, -0.15) is 0 Å². The third-order valence-corrected chi connectivity index (χ3v) is 10.3. The van der Waals surface area contributed by atoms with Crippen LogP contribution in [0.3, 0.4) is 0 Å². The number of imidazole rings is 2. The van der Waals surface area contributed by atoms with Gasteiger partial charge in [-0.1, -0.05) is 48.5 Å². The molecule has 10 rings (SSSR count). The van der Waals surface area contributed by atoms with Gasteiger partial charge < -0.3 is 4.74 Å². The summed E-state index contributed by atoms with van der Waals surface area (Å²) in [6.07, 6.45) is 11.1. The van der Waals surface area contributed by atoms with Crippen molar-refractivity contribution < 1.29 is 4.74 Å². The maximum Gasteiger partial charge on any atom is 0.165 e. The van der Waals surface area contributed by atoms with Crippen LogP contribution in [0.2, 0.25) is 0 Å². The molecule has 5 heterocycles. The van der Waals surface area contributed by atoms with Gasteiger partial charge in [0.1, 0.15) is 28.3 Å². The fraction of sp³-hybridized carbons (Fsp3) is 0.0909. The maximum atomic E-state index is 6.64. The molecule has 0 saturated heterocycles. The van der Waals surface area contributed by atoms with Gasteiger partial charge in [0.2, 0.25) is 0 Å². The first-order valence-corrected chi connectivity index (χ1v) is 17.1. The topological polar surface area (TPSA) is 69.6 Å². The molecule has 0 spiro atoms. The van der Waals surface area contributed by atoms with E-state index in [0.29, 0.717) is 5.75 Å². The van der Waals surface area contributed by atoms with Gasteiger partial charge in [0.15, 0.2) is 5.65 Å². The fourth-order valence-electron chi connectivity index (χ4n) is 8.16. The summed E-state index contributed by atoms with van der Waals surface area (Å²) in [4.78, 5) is 18.8. The highest BCUT2D eigenvalue weighted by atomic mass is 16.5. The van der Waals surface area contributed by atoms with Gasteiger partial charge in [-0.25, -0.2) is 15.0 Å². The summed E-state index contributed by atoms with van der Waals surface area (Å²) in [5, 5.41) is 5.27. The fourth-order valence-corrected chi connectivity index (χ4v) is 8.16. The Balaban J connectivity index is 1.22. The van der Waals surface area contributed by atoms with E-state index in [4.69, 9.17) is 9.72 Å². The number of fused-ring (bicyclic) bond motifs is 12.